The SMILES string of the molecule is COc1ccc(Oc2ccc(N3CC(C(=O)OCC(=O)c4ccc(Br)cc4)CC3=O)cc2)cc1. The third-order valence-corrected chi connectivity index (χ3v) is 5.94. The highest BCUT2D eigenvalue weighted by atomic mass is 79.9. The first-order valence-corrected chi connectivity index (χ1v) is 11.4. The summed E-state index contributed by atoms with van der Waals surface area (Å²) in [7, 11) is 1.60. The van der Waals surface area contributed by atoms with Crippen LogP contribution in [0, 0.1) is 5.92 Å². The number of nitrogens with zero attached hydrogens (tertiary/aromatic N) is 1. The molecule has 8 heteroatoms. The second kappa shape index (κ2) is 10.5. The Bertz CT molecular complexity index is 1180. The largest absolute Gasteiger partial charge is 0.497 e. The van der Waals surface area contributed by atoms with Crippen molar-refractivity contribution >= 4 is 39.3 Å². The highest BCUT2D eigenvalue weighted by molar-refractivity contribution is 9.10. The minimum atomic E-state index is -0.625. The number of halogens is 1. The molecule has 0 saturated carbocycles. The molecule has 3 aromatic carbocycles. The van der Waals surface area contributed by atoms with Gasteiger partial charge in [0.1, 0.15) is 17.2 Å². The number of carbonyl (C=O) groups is 3. The normalized spacial score (nSPS) is 15.2. The Hall–Kier alpha value is -3.65. The third-order valence-electron chi connectivity index (χ3n) is 5.41. The summed E-state index contributed by atoms with van der Waals surface area (Å²) >= 11 is 3.31. The molecule has 7 nitrogen and oxygen atoms in total. The fraction of sp³-hybridized carbons (Fsp3) is 0.192. The summed E-state index contributed by atoms with van der Waals surface area (Å²) in [5.41, 5.74) is 1.12. The zero-order chi connectivity index (χ0) is 24.1. The molecule has 1 saturated heterocycles. The van der Waals surface area contributed by atoms with E-state index in [1.165, 1.54) is 0 Å². The van der Waals surface area contributed by atoms with E-state index in [-0.39, 0.29) is 31.3 Å². The molecule has 0 aromatic heterocycles. The monoisotopic (exact) mass is 523 g/mol. The number of Topliss-reactive ketones (excluding diaryl/α,β-unsaturated/α-hetero) is 1. The molecule has 34 heavy (non-hydrogen) atoms. The lowest BCUT2D eigenvalue weighted by Crippen LogP contribution is -2.27. The molecule has 1 aliphatic heterocycles. The minimum Gasteiger partial charge on any atom is -0.497 e. The van der Waals surface area contributed by atoms with Gasteiger partial charge in [0.15, 0.2) is 12.4 Å². The van der Waals surface area contributed by atoms with Gasteiger partial charge in [-0.05, 0) is 60.7 Å². The number of methoxy groups -OCH3 is 1. The zero-order valence-corrected chi connectivity index (χ0v) is 20.0. The molecule has 1 heterocycles. The number of ketones is 1. The van der Waals surface area contributed by atoms with Crippen LogP contribution in [0.2, 0.25) is 0 Å². The average molecular weight is 524 g/mol. The van der Waals surface area contributed by atoms with Gasteiger partial charge in [0.25, 0.3) is 0 Å². The van der Waals surface area contributed by atoms with Crippen LogP contribution in [-0.4, -0.2) is 37.9 Å². The Balaban J connectivity index is 1.32. The fourth-order valence-electron chi connectivity index (χ4n) is 3.56. The van der Waals surface area contributed by atoms with E-state index in [9.17, 15) is 14.4 Å². The van der Waals surface area contributed by atoms with Crippen LogP contribution in [0.1, 0.15) is 16.8 Å². The fourth-order valence-corrected chi connectivity index (χ4v) is 3.83. The Morgan fingerprint density at radius 3 is 2.12 bits per heavy atom. The van der Waals surface area contributed by atoms with Gasteiger partial charge in [0.05, 0.1) is 13.0 Å². The Morgan fingerprint density at radius 2 is 1.50 bits per heavy atom. The van der Waals surface area contributed by atoms with Crippen molar-refractivity contribution in [2.75, 3.05) is 25.2 Å². The second-order valence-corrected chi connectivity index (χ2v) is 8.63. The number of hydrogen-bond donors (Lipinski definition) is 0. The van der Waals surface area contributed by atoms with Crippen LogP contribution >= 0.6 is 15.9 Å². The van der Waals surface area contributed by atoms with Crippen molar-refractivity contribution in [3.8, 4) is 17.2 Å². The number of anilines is 1. The molecule has 1 aliphatic rings. The van der Waals surface area contributed by atoms with Gasteiger partial charge in [-0.2, -0.15) is 0 Å². The molecular weight excluding hydrogens is 502 g/mol. The maximum Gasteiger partial charge on any atom is 0.311 e. The Labute approximate surface area is 205 Å². The van der Waals surface area contributed by atoms with Crippen LogP contribution in [0.15, 0.2) is 77.3 Å². The van der Waals surface area contributed by atoms with Gasteiger partial charge in [0, 0.05) is 28.7 Å². The van der Waals surface area contributed by atoms with Crippen molar-refractivity contribution in [2.45, 2.75) is 6.42 Å². The van der Waals surface area contributed by atoms with Crippen LogP contribution in [0.25, 0.3) is 0 Å². The van der Waals surface area contributed by atoms with Gasteiger partial charge in [-0.1, -0.05) is 28.1 Å². The van der Waals surface area contributed by atoms with E-state index in [2.05, 4.69) is 15.9 Å². The van der Waals surface area contributed by atoms with Crippen molar-refractivity contribution in [3.63, 3.8) is 0 Å². The van der Waals surface area contributed by atoms with Crippen molar-refractivity contribution in [1.29, 1.82) is 0 Å². The van der Waals surface area contributed by atoms with Crippen LogP contribution in [0.3, 0.4) is 0 Å². The van der Waals surface area contributed by atoms with E-state index >= 15 is 0 Å². The molecule has 0 aliphatic carbocycles. The molecule has 1 unspecified atom stereocenters. The highest BCUT2D eigenvalue weighted by Gasteiger charge is 2.36. The van der Waals surface area contributed by atoms with E-state index in [1.807, 2.05) is 0 Å². The predicted octanol–water partition coefficient (Wildman–Crippen LogP) is 5.03. The topological polar surface area (TPSA) is 82.1 Å². The molecular formula is C26H22BrNO6. The molecule has 1 atom stereocenters. The third kappa shape index (κ3) is 5.63. The number of esters is 1. The summed E-state index contributed by atoms with van der Waals surface area (Å²) in [6.07, 6.45) is 0.0371. The van der Waals surface area contributed by atoms with Gasteiger partial charge in [-0.3, -0.25) is 14.4 Å². The molecule has 1 amide bonds. The maximum absolute atomic E-state index is 12.5. The van der Waals surface area contributed by atoms with Gasteiger partial charge < -0.3 is 19.1 Å². The molecule has 0 radical (unpaired) electrons. The van der Waals surface area contributed by atoms with Gasteiger partial charge in [0.2, 0.25) is 5.91 Å². The number of carbonyl (C=O) groups excluding carboxylic acids is 3. The van der Waals surface area contributed by atoms with E-state index in [0.29, 0.717) is 22.7 Å². The molecule has 0 bridgehead atoms. The minimum absolute atomic E-state index is 0.0371. The first-order chi connectivity index (χ1) is 16.4. The summed E-state index contributed by atoms with van der Waals surface area (Å²) in [6, 6.07) is 21.1. The Morgan fingerprint density at radius 1 is 0.912 bits per heavy atom. The summed E-state index contributed by atoms with van der Waals surface area (Å²) in [6.45, 7) is -0.161. The van der Waals surface area contributed by atoms with Gasteiger partial charge >= 0.3 is 5.97 Å². The van der Waals surface area contributed by atoms with Crippen molar-refractivity contribution in [3.05, 3.63) is 82.8 Å². The number of hydrogen-bond acceptors (Lipinski definition) is 6. The lowest BCUT2D eigenvalue weighted by atomic mass is 10.1. The van der Waals surface area contributed by atoms with E-state index < -0.39 is 11.9 Å². The van der Waals surface area contributed by atoms with Gasteiger partial charge in [-0.25, -0.2) is 0 Å². The second-order valence-electron chi connectivity index (χ2n) is 7.71. The number of ether oxygens (including phenoxy) is 3. The molecule has 4 rings (SSSR count). The summed E-state index contributed by atoms with van der Waals surface area (Å²) in [5, 5.41) is 0. The van der Waals surface area contributed by atoms with Crippen LogP contribution in [-0.2, 0) is 14.3 Å². The summed E-state index contributed by atoms with van der Waals surface area (Å²) in [5.74, 6) is 0.357. The van der Waals surface area contributed by atoms with Crippen molar-refractivity contribution in [2.24, 2.45) is 5.92 Å². The maximum atomic E-state index is 12.5. The number of benzene rings is 3. The first-order valence-electron chi connectivity index (χ1n) is 10.6. The predicted molar refractivity (Wildman–Crippen MR) is 129 cm³/mol. The lowest BCUT2D eigenvalue weighted by molar-refractivity contribution is -0.147. The van der Waals surface area contributed by atoms with E-state index in [4.69, 9.17) is 14.2 Å². The molecule has 3 aromatic rings. The Kier molecular flexibility index (Phi) is 7.27. The average Bonchev–Trinajstić information content (AvgIpc) is 3.25. The number of rotatable bonds is 8. The standard InChI is InChI=1S/C26H22BrNO6/c1-32-21-10-12-23(13-11-21)34-22-8-6-20(7-9-22)28-15-18(14-25(28)30)26(31)33-16-24(29)17-2-4-19(27)5-3-17/h2-13,18H,14-16H2,1H3. The molecule has 0 N–H and O–H groups in total. The molecule has 1 fully saturated rings. The van der Waals surface area contributed by atoms with Gasteiger partial charge in [-0.15, -0.1) is 0 Å². The molecule has 174 valence electrons. The zero-order valence-electron chi connectivity index (χ0n) is 18.4. The van der Waals surface area contributed by atoms with Crippen LogP contribution in [0.4, 0.5) is 5.69 Å². The van der Waals surface area contributed by atoms with Crippen molar-refractivity contribution in [1.82, 2.24) is 0 Å². The number of amides is 1. The highest BCUT2D eigenvalue weighted by Crippen LogP contribution is 2.29. The van der Waals surface area contributed by atoms with E-state index in [1.54, 1.807) is 84.8 Å². The van der Waals surface area contributed by atoms with Crippen LogP contribution < -0.4 is 14.4 Å². The van der Waals surface area contributed by atoms with E-state index in [0.717, 1.165) is 10.2 Å². The lowest BCUT2D eigenvalue weighted by Gasteiger charge is -2.17. The quantitative estimate of drug-likeness (QED) is 0.304. The summed E-state index contributed by atoms with van der Waals surface area (Å²) < 4.78 is 17.0. The van der Waals surface area contributed by atoms with Crippen molar-refractivity contribution < 1.29 is 28.6 Å². The molecule has 0 spiro atoms. The van der Waals surface area contributed by atoms with Crippen LogP contribution in [0.5, 0.6) is 17.2 Å². The smallest absolute Gasteiger partial charge is 0.311 e. The first kappa shape index (κ1) is 23.5. The summed E-state index contributed by atoms with van der Waals surface area (Å²) in [4.78, 5) is 38.8.